The first-order valence-electron chi connectivity index (χ1n) is 8.65. The van der Waals surface area contributed by atoms with Gasteiger partial charge in [0.2, 0.25) is 11.8 Å². The van der Waals surface area contributed by atoms with E-state index in [0.717, 1.165) is 35.5 Å². The van der Waals surface area contributed by atoms with Crippen LogP contribution < -0.4 is 10.1 Å². The first-order chi connectivity index (χ1) is 12.7. The standard InChI is InChI=1S/C20H20N4O2/c1-26-19-13-15(8-9-21-19)20-22-10-11-24(20)17-6-2-14(3-7-17)12-18(25)23-16-4-5-16/h2-3,6-11,13,16H,4-5,12H2,1H3,(H,23,25). The SMILES string of the molecule is COc1cc(-c2nccn2-c2ccc(CC(=O)NC3CC3)cc2)ccn1. The van der Waals surface area contributed by atoms with E-state index in [1.807, 2.05) is 47.2 Å². The topological polar surface area (TPSA) is 69.0 Å². The van der Waals surface area contributed by atoms with E-state index in [9.17, 15) is 4.79 Å². The van der Waals surface area contributed by atoms with Gasteiger partial charge in [0.1, 0.15) is 5.82 Å². The van der Waals surface area contributed by atoms with Crippen molar-refractivity contribution in [1.29, 1.82) is 0 Å². The van der Waals surface area contributed by atoms with Crippen LogP contribution in [0.1, 0.15) is 18.4 Å². The molecule has 1 N–H and O–H groups in total. The van der Waals surface area contributed by atoms with Crippen LogP contribution in [0.4, 0.5) is 0 Å². The maximum atomic E-state index is 11.9. The molecule has 6 heteroatoms. The number of carbonyl (C=O) groups is 1. The van der Waals surface area contributed by atoms with Gasteiger partial charge in [-0.25, -0.2) is 9.97 Å². The highest BCUT2D eigenvalue weighted by Gasteiger charge is 2.23. The summed E-state index contributed by atoms with van der Waals surface area (Å²) in [5.41, 5.74) is 2.91. The van der Waals surface area contributed by atoms with Crippen LogP contribution in [0.15, 0.2) is 55.0 Å². The molecule has 0 atom stereocenters. The number of imidazole rings is 1. The maximum absolute atomic E-state index is 11.9. The molecule has 2 aromatic heterocycles. The van der Waals surface area contributed by atoms with Crippen LogP contribution in [0.25, 0.3) is 17.1 Å². The van der Waals surface area contributed by atoms with E-state index in [-0.39, 0.29) is 5.91 Å². The normalized spacial score (nSPS) is 13.4. The number of ether oxygens (including phenoxy) is 1. The highest BCUT2D eigenvalue weighted by atomic mass is 16.5. The fourth-order valence-corrected chi connectivity index (χ4v) is 2.85. The van der Waals surface area contributed by atoms with Crippen molar-refractivity contribution in [2.45, 2.75) is 25.3 Å². The number of aromatic nitrogens is 3. The highest BCUT2D eigenvalue weighted by Crippen LogP contribution is 2.24. The monoisotopic (exact) mass is 348 g/mol. The van der Waals surface area contributed by atoms with Crippen molar-refractivity contribution in [2.24, 2.45) is 0 Å². The smallest absolute Gasteiger partial charge is 0.224 e. The summed E-state index contributed by atoms with van der Waals surface area (Å²) in [7, 11) is 1.59. The number of rotatable bonds is 6. The Morgan fingerprint density at radius 3 is 2.73 bits per heavy atom. The van der Waals surface area contributed by atoms with Crippen molar-refractivity contribution in [3.8, 4) is 23.0 Å². The third-order valence-corrected chi connectivity index (χ3v) is 4.36. The minimum atomic E-state index is 0.0902. The van der Waals surface area contributed by atoms with Gasteiger partial charge in [-0.2, -0.15) is 0 Å². The highest BCUT2D eigenvalue weighted by molar-refractivity contribution is 5.79. The fourth-order valence-electron chi connectivity index (χ4n) is 2.85. The molecule has 0 radical (unpaired) electrons. The third kappa shape index (κ3) is 3.59. The number of nitrogens with one attached hydrogen (secondary N) is 1. The molecule has 0 spiro atoms. The van der Waals surface area contributed by atoms with E-state index >= 15 is 0 Å². The summed E-state index contributed by atoms with van der Waals surface area (Å²) in [5, 5.41) is 3.01. The number of hydrogen-bond donors (Lipinski definition) is 1. The van der Waals surface area contributed by atoms with Crippen molar-refractivity contribution in [3.05, 3.63) is 60.6 Å². The number of pyridine rings is 1. The Labute approximate surface area is 151 Å². The average molecular weight is 348 g/mol. The molecule has 3 aromatic rings. The second-order valence-electron chi connectivity index (χ2n) is 6.39. The van der Waals surface area contributed by atoms with E-state index in [1.54, 1.807) is 19.5 Å². The van der Waals surface area contributed by atoms with E-state index < -0.39 is 0 Å². The van der Waals surface area contributed by atoms with E-state index in [2.05, 4.69) is 15.3 Å². The number of methoxy groups -OCH3 is 1. The lowest BCUT2D eigenvalue weighted by Gasteiger charge is -2.10. The summed E-state index contributed by atoms with van der Waals surface area (Å²) in [5.74, 6) is 1.45. The lowest BCUT2D eigenvalue weighted by atomic mass is 10.1. The molecule has 4 rings (SSSR count). The van der Waals surface area contributed by atoms with Gasteiger partial charge in [-0.1, -0.05) is 12.1 Å². The molecule has 0 unspecified atom stereocenters. The minimum Gasteiger partial charge on any atom is -0.481 e. The first kappa shape index (κ1) is 16.3. The zero-order chi connectivity index (χ0) is 17.9. The number of benzene rings is 1. The van der Waals surface area contributed by atoms with Gasteiger partial charge in [0.25, 0.3) is 0 Å². The summed E-state index contributed by atoms with van der Waals surface area (Å²) < 4.78 is 7.20. The minimum absolute atomic E-state index is 0.0902. The van der Waals surface area contributed by atoms with Crippen molar-refractivity contribution >= 4 is 5.91 Å². The van der Waals surface area contributed by atoms with Crippen LogP contribution in [0.2, 0.25) is 0 Å². The molecule has 0 aliphatic heterocycles. The molecule has 6 nitrogen and oxygen atoms in total. The molecule has 1 aliphatic carbocycles. The quantitative estimate of drug-likeness (QED) is 0.744. The summed E-state index contributed by atoms with van der Waals surface area (Å²) >= 11 is 0. The van der Waals surface area contributed by atoms with Crippen LogP contribution in [0.5, 0.6) is 5.88 Å². The molecule has 2 heterocycles. The van der Waals surface area contributed by atoms with E-state index in [0.29, 0.717) is 18.3 Å². The second-order valence-corrected chi connectivity index (χ2v) is 6.39. The van der Waals surface area contributed by atoms with Gasteiger partial charge in [-0.15, -0.1) is 0 Å². The molecular formula is C20H20N4O2. The van der Waals surface area contributed by atoms with E-state index in [4.69, 9.17) is 4.74 Å². The van der Waals surface area contributed by atoms with Gasteiger partial charge < -0.3 is 10.1 Å². The van der Waals surface area contributed by atoms with Crippen LogP contribution in [0.3, 0.4) is 0 Å². The Balaban J connectivity index is 1.54. The molecule has 0 bridgehead atoms. The van der Waals surface area contributed by atoms with Gasteiger partial charge in [0.15, 0.2) is 0 Å². The largest absolute Gasteiger partial charge is 0.481 e. The molecule has 132 valence electrons. The number of hydrogen-bond acceptors (Lipinski definition) is 4. The number of nitrogens with zero attached hydrogens (tertiary/aromatic N) is 3. The Kier molecular flexibility index (Phi) is 4.39. The van der Waals surface area contributed by atoms with Crippen molar-refractivity contribution in [1.82, 2.24) is 19.9 Å². The molecule has 1 aliphatic rings. The zero-order valence-corrected chi connectivity index (χ0v) is 14.6. The fraction of sp³-hybridized carbons (Fsp3) is 0.250. The summed E-state index contributed by atoms with van der Waals surface area (Å²) in [6, 6.07) is 12.1. The predicted octanol–water partition coefficient (Wildman–Crippen LogP) is 2.76. The van der Waals surface area contributed by atoms with Gasteiger partial charge in [0.05, 0.1) is 13.5 Å². The lowest BCUT2D eigenvalue weighted by Crippen LogP contribution is -2.26. The average Bonchev–Trinajstić information content (AvgIpc) is 3.34. The van der Waals surface area contributed by atoms with Crippen molar-refractivity contribution < 1.29 is 9.53 Å². The maximum Gasteiger partial charge on any atom is 0.224 e. The van der Waals surface area contributed by atoms with Crippen LogP contribution >= 0.6 is 0 Å². The molecule has 1 saturated carbocycles. The molecular weight excluding hydrogens is 328 g/mol. The Morgan fingerprint density at radius 2 is 2.00 bits per heavy atom. The van der Waals surface area contributed by atoms with Crippen LogP contribution in [-0.4, -0.2) is 33.6 Å². The van der Waals surface area contributed by atoms with Gasteiger partial charge in [-0.05, 0) is 36.6 Å². The van der Waals surface area contributed by atoms with Crippen LogP contribution in [0, 0.1) is 0 Å². The summed E-state index contributed by atoms with van der Waals surface area (Å²) in [4.78, 5) is 20.5. The van der Waals surface area contributed by atoms with Gasteiger partial charge in [-0.3, -0.25) is 9.36 Å². The van der Waals surface area contributed by atoms with Crippen LogP contribution in [-0.2, 0) is 11.2 Å². The summed E-state index contributed by atoms with van der Waals surface area (Å²) in [6.07, 6.45) is 8.00. The van der Waals surface area contributed by atoms with Crippen molar-refractivity contribution in [3.63, 3.8) is 0 Å². The third-order valence-electron chi connectivity index (χ3n) is 4.36. The predicted molar refractivity (Wildman–Crippen MR) is 98.2 cm³/mol. The molecule has 1 aromatic carbocycles. The van der Waals surface area contributed by atoms with E-state index in [1.165, 1.54) is 0 Å². The Bertz CT molecular complexity index is 914. The van der Waals surface area contributed by atoms with Gasteiger partial charge in [0, 0.05) is 41.9 Å². The molecule has 1 amide bonds. The van der Waals surface area contributed by atoms with Gasteiger partial charge >= 0.3 is 0 Å². The Hall–Kier alpha value is -3.15. The molecule has 1 fully saturated rings. The zero-order valence-electron chi connectivity index (χ0n) is 14.6. The lowest BCUT2D eigenvalue weighted by molar-refractivity contribution is -0.120. The summed E-state index contributed by atoms with van der Waals surface area (Å²) in [6.45, 7) is 0. The molecule has 26 heavy (non-hydrogen) atoms. The Morgan fingerprint density at radius 1 is 1.19 bits per heavy atom. The molecule has 0 saturated heterocycles. The number of carbonyl (C=O) groups excluding carboxylic acids is 1. The second kappa shape index (κ2) is 7.00. The first-order valence-corrected chi connectivity index (χ1v) is 8.65. The van der Waals surface area contributed by atoms with Crippen molar-refractivity contribution in [2.75, 3.05) is 7.11 Å². The number of amides is 1.